The Morgan fingerprint density at radius 1 is 1.17 bits per heavy atom. The van der Waals surface area contributed by atoms with E-state index in [1.165, 1.54) is 12.1 Å². The summed E-state index contributed by atoms with van der Waals surface area (Å²) >= 11 is 1.40. The number of aliphatic carboxylic acids is 1. The van der Waals surface area contributed by atoms with Crippen LogP contribution in [0.1, 0.15) is 17.8 Å². The fraction of sp³-hybridized carbons (Fsp3) is 0.200. The molecular formula is C25H22FN2O5S2Se+. The average Bonchev–Trinajstić information content (AvgIpc) is 3.34. The standard InChI is InChI=1S/C25H21FN2O5S2Se/c26-17-7-9-21-19(14-17)27(12-10-24(29)30)23(36-21)15-22-28(11-3-13-35(31,32)33)25-18-5-2-1-4-16(18)6-8-20(25)34-22/h1-2,4-9,14-15H,3,10-13H2,(H-,29,30,31,32,33)/p+1. The molecule has 0 unspecified atom stereocenters. The molecule has 1 aromatic heterocycles. The second-order valence-electron chi connectivity index (χ2n) is 8.36. The van der Waals surface area contributed by atoms with Crippen molar-refractivity contribution >= 4 is 79.6 Å². The second kappa shape index (κ2) is 9.91. The first-order valence-electron chi connectivity index (χ1n) is 11.2. The van der Waals surface area contributed by atoms with E-state index in [0.29, 0.717) is 12.2 Å². The van der Waals surface area contributed by atoms with Crippen molar-refractivity contribution in [1.82, 2.24) is 0 Å². The Morgan fingerprint density at radius 2 is 1.97 bits per heavy atom. The maximum absolute atomic E-state index is 14.0. The summed E-state index contributed by atoms with van der Waals surface area (Å²) in [5.41, 5.74) is 1.67. The summed E-state index contributed by atoms with van der Waals surface area (Å²) in [6.45, 7) is 0.590. The molecule has 36 heavy (non-hydrogen) atoms. The van der Waals surface area contributed by atoms with Crippen molar-refractivity contribution in [2.45, 2.75) is 19.4 Å². The van der Waals surface area contributed by atoms with Crippen LogP contribution in [0.2, 0.25) is 0 Å². The van der Waals surface area contributed by atoms with Crippen LogP contribution in [0.15, 0.2) is 59.2 Å². The molecule has 0 saturated heterocycles. The first-order chi connectivity index (χ1) is 17.2. The summed E-state index contributed by atoms with van der Waals surface area (Å²) in [4.78, 5) is 13.2. The second-order valence-corrected chi connectivity index (χ2v) is 13.2. The molecule has 0 atom stereocenters. The maximum atomic E-state index is 14.0. The van der Waals surface area contributed by atoms with Crippen LogP contribution >= 0.6 is 11.3 Å². The van der Waals surface area contributed by atoms with Gasteiger partial charge in [0.1, 0.15) is 0 Å². The van der Waals surface area contributed by atoms with Crippen molar-refractivity contribution < 1.29 is 31.8 Å². The van der Waals surface area contributed by atoms with E-state index in [1.807, 2.05) is 47.4 Å². The van der Waals surface area contributed by atoms with Crippen LogP contribution in [-0.2, 0) is 21.5 Å². The van der Waals surface area contributed by atoms with Crippen LogP contribution in [0.4, 0.5) is 10.1 Å². The van der Waals surface area contributed by atoms with Crippen molar-refractivity contribution in [2.75, 3.05) is 17.2 Å². The molecular weight excluding hydrogens is 570 g/mol. The third-order valence-electron chi connectivity index (χ3n) is 5.89. The zero-order chi connectivity index (χ0) is 25.4. The fourth-order valence-corrected chi connectivity index (χ4v) is 8.46. The summed E-state index contributed by atoms with van der Waals surface area (Å²) in [7, 11) is -4.09. The number of rotatable bonds is 8. The van der Waals surface area contributed by atoms with E-state index in [1.54, 1.807) is 17.4 Å². The van der Waals surface area contributed by atoms with Crippen molar-refractivity contribution in [2.24, 2.45) is 0 Å². The molecule has 3 aromatic carbocycles. The fourth-order valence-electron chi connectivity index (χ4n) is 4.33. The molecule has 1 aliphatic rings. The minimum absolute atomic E-state index is 0.0885. The number of nitrogens with zero attached hydrogens (tertiary/aromatic N) is 2. The Hall–Kier alpha value is -2.82. The van der Waals surface area contributed by atoms with Crippen LogP contribution in [0, 0.1) is 5.82 Å². The predicted octanol–water partition coefficient (Wildman–Crippen LogP) is 3.38. The number of carbonyl (C=O) groups is 1. The van der Waals surface area contributed by atoms with Crippen LogP contribution in [0.3, 0.4) is 0 Å². The Morgan fingerprint density at radius 3 is 2.75 bits per heavy atom. The normalized spacial score (nSPS) is 14.7. The molecule has 1 aliphatic heterocycles. The molecule has 0 radical (unpaired) electrons. The number of hydrogen-bond acceptors (Lipinski definition) is 5. The van der Waals surface area contributed by atoms with Gasteiger partial charge in [-0.15, -0.1) is 0 Å². The van der Waals surface area contributed by atoms with E-state index in [4.69, 9.17) is 0 Å². The van der Waals surface area contributed by atoms with E-state index < -0.39 is 16.1 Å². The summed E-state index contributed by atoms with van der Waals surface area (Å²) < 4.78 is 51.0. The van der Waals surface area contributed by atoms with Gasteiger partial charge in [0.25, 0.3) is 0 Å². The number of carboxylic acid groups (broad SMARTS) is 1. The molecule has 0 fully saturated rings. The Bertz CT molecular complexity index is 1630. The van der Waals surface area contributed by atoms with E-state index >= 15 is 0 Å². The summed E-state index contributed by atoms with van der Waals surface area (Å²) in [5, 5.41) is 12.2. The predicted molar refractivity (Wildman–Crippen MR) is 140 cm³/mol. The van der Waals surface area contributed by atoms with E-state index in [9.17, 15) is 27.3 Å². The molecule has 2 N–H and O–H groups in total. The van der Waals surface area contributed by atoms with Crippen molar-refractivity contribution in [3.8, 4) is 0 Å². The van der Waals surface area contributed by atoms with Crippen LogP contribution in [-0.4, -0.2) is 51.3 Å². The van der Waals surface area contributed by atoms with Crippen molar-refractivity contribution in [1.29, 1.82) is 0 Å². The molecule has 7 nitrogen and oxygen atoms in total. The third kappa shape index (κ3) is 5.16. The van der Waals surface area contributed by atoms with Gasteiger partial charge in [-0.1, -0.05) is 0 Å². The van der Waals surface area contributed by atoms with Gasteiger partial charge in [0.2, 0.25) is 0 Å². The van der Waals surface area contributed by atoms with Crippen LogP contribution < -0.4 is 13.9 Å². The van der Waals surface area contributed by atoms with Gasteiger partial charge >= 0.3 is 218 Å². The zero-order valence-corrected chi connectivity index (χ0v) is 22.3. The number of anilines is 1. The average molecular weight is 593 g/mol. The van der Waals surface area contributed by atoms with Crippen molar-refractivity contribution in [3.05, 3.63) is 70.0 Å². The molecule has 11 heteroatoms. The van der Waals surface area contributed by atoms with Gasteiger partial charge in [-0.2, -0.15) is 0 Å². The van der Waals surface area contributed by atoms with E-state index in [0.717, 1.165) is 35.1 Å². The minimum atomic E-state index is -4.09. The number of thiazole rings is 1. The summed E-state index contributed by atoms with van der Waals surface area (Å²) in [6.07, 6.45) is 2.15. The molecule has 186 valence electrons. The number of fused-ring (bicyclic) bond motifs is 4. The molecule has 0 amide bonds. The molecule has 0 saturated carbocycles. The first kappa shape index (κ1) is 24.9. The zero-order valence-electron chi connectivity index (χ0n) is 18.9. The number of benzene rings is 3. The van der Waals surface area contributed by atoms with Gasteiger partial charge in [-0.3, -0.25) is 0 Å². The number of halogens is 1. The third-order valence-corrected chi connectivity index (χ3v) is 10.1. The molecule has 2 heterocycles. The Kier molecular flexibility index (Phi) is 6.84. The van der Waals surface area contributed by atoms with E-state index in [-0.39, 0.29) is 45.9 Å². The molecule has 0 aliphatic carbocycles. The summed E-state index contributed by atoms with van der Waals surface area (Å²) in [5.74, 6) is -1.66. The first-order valence-corrected chi connectivity index (χ1v) is 15.3. The SMILES string of the molecule is O=C(O)CCN1C(=Cc2sc3ccc4ccccc4c3[n+]2CCCS(=O)(=O)O)[Se]c2ccc(F)cc21. The number of hydrogen-bond donors (Lipinski definition) is 2. The molecule has 5 rings (SSSR count). The van der Waals surface area contributed by atoms with Crippen LogP contribution in [0.5, 0.6) is 0 Å². The number of carboxylic acids is 1. The molecule has 4 aromatic rings. The number of aromatic nitrogens is 1. The molecule has 0 spiro atoms. The van der Waals surface area contributed by atoms with Gasteiger partial charge in [-0.25, -0.2) is 0 Å². The number of aryl methyl sites for hydroxylation is 1. The van der Waals surface area contributed by atoms with Gasteiger partial charge in [0.15, 0.2) is 0 Å². The summed E-state index contributed by atoms with van der Waals surface area (Å²) in [6, 6.07) is 16.7. The van der Waals surface area contributed by atoms with E-state index in [2.05, 4.69) is 4.57 Å². The Balaban J connectivity index is 1.63. The van der Waals surface area contributed by atoms with Crippen LogP contribution in [0.25, 0.3) is 27.1 Å². The van der Waals surface area contributed by atoms with Gasteiger partial charge in [0, 0.05) is 0 Å². The van der Waals surface area contributed by atoms with Gasteiger partial charge in [-0.05, 0) is 0 Å². The van der Waals surface area contributed by atoms with Gasteiger partial charge in [0.05, 0.1) is 0 Å². The van der Waals surface area contributed by atoms with Crippen molar-refractivity contribution in [3.63, 3.8) is 0 Å². The Labute approximate surface area is 217 Å². The van der Waals surface area contributed by atoms with Gasteiger partial charge < -0.3 is 0 Å². The molecule has 0 bridgehead atoms. The topological polar surface area (TPSA) is 98.8 Å². The monoisotopic (exact) mass is 593 g/mol. The quantitative estimate of drug-likeness (QED) is 0.185.